The second-order valence-corrected chi connectivity index (χ2v) is 12.4. The normalized spacial score (nSPS) is 29.7. The molecule has 11 heteroatoms. The summed E-state index contributed by atoms with van der Waals surface area (Å²) in [5.74, 6) is -0.951. The maximum absolute atomic E-state index is 13.1. The standard InChI is InChI=1S/C30H36N6O5/c37-21-6-3-18(4-7-21)32-24-15-35(34-27(24)17-1-2-17)20-11-16(12-20)14-31-19-5-8-22-23(13-19)30(41)36(29(22)40)25-9-10-26(38)33-28(25)39/h5,8,13,15-18,20-21,25,31-32,37H,1-4,6-7,9-12,14H2,(H,33,38,39)/t16-,18?,20-,21?,25?. The summed E-state index contributed by atoms with van der Waals surface area (Å²) in [6, 6.07) is 4.93. The fraction of sp³-hybridized carbons (Fsp3) is 0.567. The number of aliphatic hydroxyl groups excluding tert-OH is 1. The molecule has 3 saturated carbocycles. The number of imide groups is 2. The number of benzene rings is 1. The number of rotatable bonds is 8. The molecule has 1 unspecified atom stereocenters. The van der Waals surface area contributed by atoms with Crippen molar-refractivity contribution in [3.05, 3.63) is 41.2 Å². The largest absolute Gasteiger partial charge is 0.393 e. The third-order valence-corrected chi connectivity index (χ3v) is 9.40. The lowest BCUT2D eigenvalue weighted by atomic mass is 9.80. The van der Waals surface area contributed by atoms with E-state index in [0.29, 0.717) is 23.9 Å². The zero-order chi connectivity index (χ0) is 28.2. The molecular formula is C30H36N6O5. The second-order valence-electron chi connectivity index (χ2n) is 12.4. The van der Waals surface area contributed by atoms with E-state index in [1.54, 1.807) is 18.2 Å². The van der Waals surface area contributed by atoms with Crippen LogP contribution in [0.4, 0.5) is 11.4 Å². The van der Waals surface area contributed by atoms with Crippen LogP contribution in [0.3, 0.4) is 0 Å². The van der Waals surface area contributed by atoms with Crippen LogP contribution in [0.2, 0.25) is 0 Å². The monoisotopic (exact) mass is 560 g/mol. The van der Waals surface area contributed by atoms with Crippen LogP contribution < -0.4 is 16.0 Å². The molecular weight excluding hydrogens is 524 g/mol. The van der Waals surface area contributed by atoms with Crippen molar-refractivity contribution in [3.63, 3.8) is 0 Å². The number of fused-ring (bicyclic) bond motifs is 1. The van der Waals surface area contributed by atoms with Crippen molar-refractivity contribution in [1.82, 2.24) is 20.0 Å². The van der Waals surface area contributed by atoms with Gasteiger partial charge in [-0.3, -0.25) is 34.1 Å². The van der Waals surface area contributed by atoms with Gasteiger partial charge < -0.3 is 15.7 Å². The molecule has 41 heavy (non-hydrogen) atoms. The van der Waals surface area contributed by atoms with Gasteiger partial charge in [-0.05, 0) is 81.9 Å². The van der Waals surface area contributed by atoms with Crippen LogP contribution in [0.1, 0.15) is 103 Å². The van der Waals surface area contributed by atoms with Gasteiger partial charge in [-0.1, -0.05) is 0 Å². The predicted molar refractivity (Wildman–Crippen MR) is 149 cm³/mol. The number of hydrogen-bond donors (Lipinski definition) is 4. The Balaban J connectivity index is 0.948. The lowest BCUT2D eigenvalue weighted by Gasteiger charge is -2.35. The number of aromatic nitrogens is 2. The number of piperidine rings is 1. The summed E-state index contributed by atoms with van der Waals surface area (Å²) in [7, 11) is 0. The van der Waals surface area contributed by atoms with E-state index in [2.05, 4.69) is 26.8 Å². The van der Waals surface area contributed by atoms with Crippen molar-refractivity contribution >= 4 is 35.0 Å². The predicted octanol–water partition coefficient (Wildman–Crippen LogP) is 2.94. The van der Waals surface area contributed by atoms with Crippen molar-refractivity contribution in [2.24, 2.45) is 5.92 Å². The Kier molecular flexibility index (Phi) is 6.56. The molecule has 1 aromatic carbocycles. The summed E-state index contributed by atoms with van der Waals surface area (Å²) in [4.78, 5) is 50.8. The lowest BCUT2D eigenvalue weighted by Crippen LogP contribution is -2.54. The fourth-order valence-electron chi connectivity index (χ4n) is 6.73. The molecule has 1 aromatic heterocycles. The van der Waals surface area contributed by atoms with Gasteiger partial charge in [0, 0.05) is 36.8 Å². The molecule has 0 bridgehead atoms. The van der Waals surface area contributed by atoms with Gasteiger partial charge in [0.05, 0.1) is 34.7 Å². The van der Waals surface area contributed by atoms with Crippen molar-refractivity contribution in [2.75, 3.05) is 17.2 Å². The Hall–Kier alpha value is -3.73. The Morgan fingerprint density at radius 2 is 1.71 bits per heavy atom. The maximum Gasteiger partial charge on any atom is 0.262 e. The number of carbonyl (C=O) groups excluding carboxylic acids is 4. The highest BCUT2D eigenvalue weighted by molar-refractivity contribution is 6.23. The molecule has 3 heterocycles. The molecule has 216 valence electrons. The molecule has 2 aromatic rings. The molecule has 2 aliphatic heterocycles. The molecule has 4 fully saturated rings. The molecule has 4 amide bonds. The lowest BCUT2D eigenvalue weighted by molar-refractivity contribution is -0.136. The molecule has 1 atom stereocenters. The second kappa shape index (κ2) is 10.3. The van der Waals surface area contributed by atoms with Gasteiger partial charge in [0.25, 0.3) is 11.8 Å². The third-order valence-electron chi connectivity index (χ3n) is 9.40. The van der Waals surface area contributed by atoms with Gasteiger partial charge in [0.1, 0.15) is 6.04 Å². The van der Waals surface area contributed by atoms with Gasteiger partial charge in [-0.15, -0.1) is 0 Å². The molecule has 4 N–H and O–H groups in total. The molecule has 0 spiro atoms. The molecule has 7 rings (SSSR count). The minimum atomic E-state index is -0.961. The molecule has 1 saturated heterocycles. The molecule has 5 aliphatic rings. The van der Waals surface area contributed by atoms with E-state index in [1.165, 1.54) is 24.2 Å². The summed E-state index contributed by atoms with van der Waals surface area (Å²) in [6.07, 6.45) is 10.4. The van der Waals surface area contributed by atoms with Crippen LogP contribution in [0.15, 0.2) is 24.4 Å². The smallest absolute Gasteiger partial charge is 0.262 e. The Bertz CT molecular complexity index is 1400. The number of hydrogen-bond acceptors (Lipinski definition) is 8. The van der Waals surface area contributed by atoms with E-state index in [4.69, 9.17) is 5.10 Å². The number of anilines is 2. The first-order chi connectivity index (χ1) is 19.8. The highest BCUT2D eigenvalue weighted by Gasteiger charge is 2.44. The van der Waals surface area contributed by atoms with E-state index < -0.39 is 23.8 Å². The first-order valence-electron chi connectivity index (χ1n) is 15.0. The Labute approximate surface area is 238 Å². The number of aliphatic hydroxyl groups is 1. The number of nitrogens with zero attached hydrogens (tertiary/aromatic N) is 3. The van der Waals surface area contributed by atoms with E-state index in [0.717, 1.165) is 55.7 Å². The van der Waals surface area contributed by atoms with Gasteiger partial charge in [-0.2, -0.15) is 5.10 Å². The van der Waals surface area contributed by atoms with E-state index >= 15 is 0 Å². The molecule has 11 nitrogen and oxygen atoms in total. The van der Waals surface area contributed by atoms with E-state index in [9.17, 15) is 24.3 Å². The highest BCUT2D eigenvalue weighted by atomic mass is 16.3. The quantitative estimate of drug-likeness (QED) is 0.361. The topological polar surface area (TPSA) is 146 Å². The minimum absolute atomic E-state index is 0.1000. The van der Waals surface area contributed by atoms with Gasteiger partial charge >= 0.3 is 0 Å². The van der Waals surface area contributed by atoms with Crippen molar-refractivity contribution in [3.8, 4) is 0 Å². The van der Waals surface area contributed by atoms with Gasteiger partial charge in [0.2, 0.25) is 11.8 Å². The zero-order valence-electron chi connectivity index (χ0n) is 23.0. The number of amides is 4. The first-order valence-corrected chi connectivity index (χ1v) is 15.0. The first kappa shape index (κ1) is 26.2. The zero-order valence-corrected chi connectivity index (χ0v) is 23.0. The van der Waals surface area contributed by atoms with Gasteiger partial charge in [-0.25, -0.2) is 0 Å². The van der Waals surface area contributed by atoms with Crippen molar-refractivity contribution in [2.45, 2.75) is 94.4 Å². The van der Waals surface area contributed by atoms with Crippen LogP contribution in [0, 0.1) is 5.92 Å². The SMILES string of the molecule is O=C1CCC(N2C(=O)c3ccc(NC[C@H]4C[C@H](n5cc(NC6CCC(O)CC6)c(C6CC6)n5)C4)cc3C2=O)C(=O)N1. The Morgan fingerprint density at radius 3 is 2.44 bits per heavy atom. The maximum atomic E-state index is 13.1. The summed E-state index contributed by atoms with van der Waals surface area (Å²) in [5, 5.41) is 24.2. The number of carbonyl (C=O) groups is 4. The van der Waals surface area contributed by atoms with Crippen LogP contribution in [-0.2, 0) is 9.59 Å². The number of nitrogens with one attached hydrogen (secondary N) is 3. The summed E-state index contributed by atoms with van der Waals surface area (Å²) in [5.41, 5.74) is 3.69. The minimum Gasteiger partial charge on any atom is -0.393 e. The van der Waals surface area contributed by atoms with Crippen LogP contribution in [-0.4, -0.2) is 68.1 Å². The molecule has 3 aliphatic carbocycles. The van der Waals surface area contributed by atoms with Crippen molar-refractivity contribution < 1.29 is 24.3 Å². The Morgan fingerprint density at radius 1 is 0.951 bits per heavy atom. The molecule has 0 radical (unpaired) electrons. The van der Waals surface area contributed by atoms with E-state index in [1.807, 2.05) is 0 Å². The van der Waals surface area contributed by atoms with E-state index in [-0.39, 0.29) is 36.0 Å². The van der Waals surface area contributed by atoms with Gasteiger partial charge in [0.15, 0.2) is 0 Å². The fourth-order valence-corrected chi connectivity index (χ4v) is 6.73. The summed E-state index contributed by atoms with van der Waals surface area (Å²) >= 11 is 0. The average molecular weight is 561 g/mol. The van der Waals surface area contributed by atoms with Crippen molar-refractivity contribution in [1.29, 1.82) is 0 Å². The van der Waals surface area contributed by atoms with Crippen LogP contribution >= 0.6 is 0 Å². The summed E-state index contributed by atoms with van der Waals surface area (Å²) in [6.45, 7) is 0.751. The van der Waals surface area contributed by atoms with Crippen LogP contribution in [0.25, 0.3) is 0 Å². The van der Waals surface area contributed by atoms with Crippen LogP contribution in [0.5, 0.6) is 0 Å². The third kappa shape index (κ3) is 5.00. The summed E-state index contributed by atoms with van der Waals surface area (Å²) < 4.78 is 2.15. The highest BCUT2D eigenvalue weighted by Crippen LogP contribution is 2.45. The average Bonchev–Trinajstić information content (AvgIpc) is 3.65.